The molecule has 3 aromatic heterocycles. The minimum atomic E-state index is -0.634. The van der Waals surface area contributed by atoms with Crippen molar-refractivity contribution in [1.29, 1.82) is 0 Å². The summed E-state index contributed by atoms with van der Waals surface area (Å²) >= 11 is 5.73. The van der Waals surface area contributed by atoms with Gasteiger partial charge in [-0.3, -0.25) is 0 Å². The van der Waals surface area contributed by atoms with Crippen molar-refractivity contribution in [2.75, 3.05) is 0 Å². The van der Waals surface area contributed by atoms with Crippen LogP contribution >= 0.6 is 11.6 Å². The Hall–Kier alpha value is -2.08. The van der Waals surface area contributed by atoms with E-state index in [1.165, 1.54) is 6.07 Å². The van der Waals surface area contributed by atoms with E-state index in [1.807, 2.05) is 18.4 Å². The van der Waals surface area contributed by atoms with Gasteiger partial charge in [-0.05, 0) is 37.6 Å². The molecule has 0 saturated heterocycles. The average molecular weight is 309 g/mol. The average Bonchev–Trinajstić information content (AvgIpc) is 2.80. The summed E-state index contributed by atoms with van der Waals surface area (Å²) < 4.78 is 29.3. The third-order valence-corrected chi connectivity index (χ3v) is 3.35. The molecule has 108 valence electrons. The summed E-state index contributed by atoms with van der Waals surface area (Å²) in [6.45, 7) is 3.94. The van der Waals surface area contributed by atoms with E-state index in [9.17, 15) is 8.78 Å². The molecule has 0 amide bonds. The number of hydrogen-bond donors (Lipinski definition) is 0. The lowest BCUT2D eigenvalue weighted by Gasteiger charge is -2.08. The SMILES string of the molecule is CC(C)n1cc(-c2nc(Cl)ncc2F)c2nc(F)ccc21. The first-order chi connectivity index (χ1) is 9.97. The molecule has 7 heteroatoms. The zero-order valence-electron chi connectivity index (χ0n) is 11.3. The van der Waals surface area contributed by atoms with Crippen molar-refractivity contribution in [1.82, 2.24) is 19.5 Å². The number of nitrogens with zero attached hydrogens (tertiary/aromatic N) is 4. The normalized spacial score (nSPS) is 11.5. The minimum Gasteiger partial charge on any atom is -0.343 e. The van der Waals surface area contributed by atoms with Crippen molar-refractivity contribution in [2.45, 2.75) is 19.9 Å². The highest BCUT2D eigenvalue weighted by Gasteiger charge is 2.18. The van der Waals surface area contributed by atoms with E-state index >= 15 is 0 Å². The van der Waals surface area contributed by atoms with Crippen molar-refractivity contribution < 1.29 is 8.78 Å². The van der Waals surface area contributed by atoms with Crippen LogP contribution in [0.4, 0.5) is 8.78 Å². The van der Waals surface area contributed by atoms with Crippen LogP contribution in [0.3, 0.4) is 0 Å². The fraction of sp³-hybridized carbons (Fsp3) is 0.214. The monoisotopic (exact) mass is 308 g/mol. The second kappa shape index (κ2) is 5.04. The van der Waals surface area contributed by atoms with Crippen LogP contribution in [0, 0.1) is 11.8 Å². The van der Waals surface area contributed by atoms with Crippen LogP contribution in [0.15, 0.2) is 24.5 Å². The van der Waals surface area contributed by atoms with Gasteiger partial charge in [0.15, 0.2) is 5.82 Å². The fourth-order valence-corrected chi connectivity index (χ4v) is 2.37. The first-order valence-corrected chi connectivity index (χ1v) is 6.70. The van der Waals surface area contributed by atoms with E-state index in [2.05, 4.69) is 15.0 Å². The molecule has 0 spiro atoms. The van der Waals surface area contributed by atoms with Crippen LogP contribution in [0.1, 0.15) is 19.9 Å². The first-order valence-electron chi connectivity index (χ1n) is 6.33. The predicted molar refractivity (Wildman–Crippen MR) is 76.1 cm³/mol. The number of pyridine rings is 1. The maximum Gasteiger partial charge on any atom is 0.223 e. The quantitative estimate of drug-likeness (QED) is 0.531. The van der Waals surface area contributed by atoms with Gasteiger partial charge in [-0.2, -0.15) is 4.39 Å². The second-order valence-corrected chi connectivity index (χ2v) is 5.22. The Labute approximate surface area is 124 Å². The van der Waals surface area contributed by atoms with Gasteiger partial charge in [-0.1, -0.05) is 0 Å². The molecule has 21 heavy (non-hydrogen) atoms. The van der Waals surface area contributed by atoms with E-state index in [4.69, 9.17) is 11.6 Å². The highest BCUT2D eigenvalue weighted by atomic mass is 35.5. The van der Waals surface area contributed by atoms with Crippen LogP contribution in [-0.4, -0.2) is 19.5 Å². The van der Waals surface area contributed by atoms with Crippen molar-refractivity contribution in [3.63, 3.8) is 0 Å². The molecule has 0 N–H and O–H groups in total. The highest BCUT2D eigenvalue weighted by Crippen LogP contribution is 2.32. The lowest BCUT2D eigenvalue weighted by atomic mass is 10.2. The number of halogens is 3. The second-order valence-electron chi connectivity index (χ2n) is 4.88. The van der Waals surface area contributed by atoms with Gasteiger partial charge in [0.05, 0.1) is 11.7 Å². The molecule has 3 rings (SSSR count). The third-order valence-electron chi connectivity index (χ3n) is 3.17. The zero-order valence-corrected chi connectivity index (χ0v) is 12.1. The van der Waals surface area contributed by atoms with Crippen LogP contribution in [0.25, 0.3) is 22.3 Å². The van der Waals surface area contributed by atoms with Crippen molar-refractivity contribution in [2.24, 2.45) is 0 Å². The topological polar surface area (TPSA) is 43.6 Å². The van der Waals surface area contributed by atoms with Crippen molar-refractivity contribution in [3.05, 3.63) is 41.6 Å². The standard InChI is InChI=1S/C14H11ClF2N4/c1-7(2)21-6-8(12-9(16)5-18-14(15)20-12)13-10(21)3-4-11(17)19-13/h3-7H,1-2H3. The maximum atomic E-state index is 14.0. The molecule has 0 atom stereocenters. The van der Waals surface area contributed by atoms with Gasteiger partial charge in [0.1, 0.15) is 11.2 Å². The Balaban J connectivity index is 2.36. The Morgan fingerprint density at radius 1 is 1.19 bits per heavy atom. The molecule has 0 unspecified atom stereocenters. The van der Waals surface area contributed by atoms with Gasteiger partial charge < -0.3 is 4.57 Å². The van der Waals surface area contributed by atoms with Crippen LogP contribution in [-0.2, 0) is 0 Å². The predicted octanol–water partition coefficient (Wildman–Crippen LogP) is 4.01. The molecular formula is C14H11ClF2N4. The van der Waals surface area contributed by atoms with E-state index in [0.717, 1.165) is 6.20 Å². The molecule has 0 aliphatic carbocycles. The lowest BCUT2D eigenvalue weighted by Crippen LogP contribution is -1.98. The molecule has 0 aromatic carbocycles. The molecule has 0 saturated carbocycles. The largest absolute Gasteiger partial charge is 0.343 e. The summed E-state index contributed by atoms with van der Waals surface area (Å²) in [5, 5.41) is -0.0757. The van der Waals surface area contributed by atoms with Gasteiger partial charge in [0, 0.05) is 17.8 Å². The summed E-state index contributed by atoms with van der Waals surface area (Å²) in [6, 6.07) is 2.99. The van der Waals surface area contributed by atoms with Crippen LogP contribution in [0.2, 0.25) is 5.28 Å². The number of rotatable bonds is 2. The smallest absolute Gasteiger partial charge is 0.223 e. The van der Waals surface area contributed by atoms with Gasteiger partial charge in [0.2, 0.25) is 11.2 Å². The molecule has 4 nitrogen and oxygen atoms in total. The van der Waals surface area contributed by atoms with Gasteiger partial charge >= 0.3 is 0 Å². The van der Waals surface area contributed by atoms with Crippen LogP contribution < -0.4 is 0 Å². The van der Waals surface area contributed by atoms with Crippen molar-refractivity contribution in [3.8, 4) is 11.3 Å². The number of hydrogen-bond acceptors (Lipinski definition) is 3. The number of fused-ring (bicyclic) bond motifs is 1. The molecule has 3 heterocycles. The summed E-state index contributed by atoms with van der Waals surface area (Å²) in [7, 11) is 0. The Kier molecular flexibility index (Phi) is 3.33. The van der Waals surface area contributed by atoms with E-state index in [1.54, 1.807) is 12.3 Å². The number of aromatic nitrogens is 4. The van der Waals surface area contributed by atoms with Gasteiger partial charge in [0.25, 0.3) is 0 Å². The maximum absolute atomic E-state index is 14.0. The Morgan fingerprint density at radius 3 is 2.67 bits per heavy atom. The molecule has 0 radical (unpaired) electrons. The molecule has 0 bridgehead atoms. The Morgan fingerprint density at radius 2 is 1.95 bits per heavy atom. The summed E-state index contributed by atoms with van der Waals surface area (Å²) in [4.78, 5) is 11.3. The van der Waals surface area contributed by atoms with Gasteiger partial charge in [-0.25, -0.2) is 19.3 Å². The summed E-state index contributed by atoms with van der Waals surface area (Å²) in [5.41, 5.74) is 1.45. The molecule has 0 aliphatic rings. The fourth-order valence-electron chi connectivity index (χ4n) is 2.24. The summed E-state index contributed by atoms with van der Waals surface area (Å²) in [5.74, 6) is -1.26. The molecule has 0 aliphatic heterocycles. The third kappa shape index (κ3) is 2.35. The minimum absolute atomic E-state index is 0.0116. The van der Waals surface area contributed by atoms with E-state index in [-0.39, 0.29) is 17.0 Å². The lowest BCUT2D eigenvalue weighted by molar-refractivity contribution is 0.587. The summed E-state index contributed by atoms with van der Waals surface area (Å²) in [6.07, 6.45) is 2.69. The van der Waals surface area contributed by atoms with E-state index in [0.29, 0.717) is 16.6 Å². The first kappa shape index (κ1) is 13.9. The highest BCUT2D eigenvalue weighted by molar-refractivity contribution is 6.28. The Bertz CT molecular complexity index is 829. The molecule has 0 fully saturated rings. The van der Waals surface area contributed by atoms with Crippen molar-refractivity contribution >= 4 is 22.6 Å². The zero-order chi connectivity index (χ0) is 15.1. The van der Waals surface area contributed by atoms with Gasteiger partial charge in [-0.15, -0.1) is 0 Å². The molecular weight excluding hydrogens is 298 g/mol. The van der Waals surface area contributed by atoms with E-state index < -0.39 is 11.8 Å². The molecule has 3 aromatic rings. The van der Waals surface area contributed by atoms with Crippen LogP contribution in [0.5, 0.6) is 0 Å².